The summed E-state index contributed by atoms with van der Waals surface area (Å²) in [6, 6.07) is 13.3. The Hall–Kier alpha value is -3.00. The molecule has 2 aliphatic rings. The van der Waals surface area contributed by atoms with Crippen molar-refractivity contribution in [1.82, 2.24) is 20.4 Å². The lowest BCUT2D eigenvalue weighted by atomic mass is 10.2. The molecule has 0 spiro atoms. The lowest BCUT2D eigenvalue weighted by Crippen LogP contribution is -2.52. The topological polar surface area (TPSA) is 81.7 Å². The Balaban J connectivity index is 1.35. The smallest absolute Gasteiger partial charge is 0.271 e. The molecule has 1 unspecified atom stereocenters. The molecule has 1 N–H and O–H groups in total. The first kappa shape index (κ1) is 18.4. The summed E-state index contributed by atoms with van der Waals surface area (Å²) in [5.41, 5.74) is 1.28. The minimum atomic E-state index is -0.244. The van der Waals surface area contributed by atoms with Crippen LogP contribution in [0.25, 0.3) is 0 Å². The normalized spacial score (nSPS) is 20.5. The quantitative estimate of drug-likeness (QED) is 0.844. The maximum absolute atomic E-state index is 12.9. The monoisotopic (exact) mass is 380 g/mol. The average Bonchev–Trinajstić information content (AvgIpc) is 3.15. The highest BCUT2D eigenvalue weighted by Gasteiger charge is 2.37. The maximum atomic E-state index is 12.9. The molecule has 8 nitrogen and oxygen atoms in total. The van der Waals surface area contributed by atoms with Crippen LogP contribution in [-0.4, -0.2) is 72.7 Å². The average molecular weight is 380 g/mol. The second-order valence-electron chi connectivity index (χ2n) is 7.01. The van der Waals surface area contributed by atoms with Crippen molar-refractivity contribution in [3.05, 3.63) is 48.2 Å². The molecule has 2 saturated heterocycles. The maximum Gasteiger partial charge on any atom is 0.271 e. The summed E-state index contributed by atoms with van der Waals surface area (Å²) in [6.07, 6.45) is 0.856. The van der Waals surface area contributed by atoms with E-state index in [-0.39, 0.29) is 17.9 Å². The van der Waals surface area contributed by atoms with Crippen LogP contribution in [0.4, 0.5) is 11.5 Å². The van der Waals surface area contributed by atoms with Crippen molar-refractivity contribution in [1.29, 1.82) is 0 Å². The predicted octanol–water partition coefficient (Wildman–Crippen LogP) is 0.764. The number of carbonyl (C=O) groups excluding carboxylic acids is 2. The van der Waals surface area contributed by atoms with E-state index in [0.29, 0.717) is 5.69 Å². The highest BCUT2D eigenvalue weighted by molar-refractivity contribution is 5.99. The van der Waals surface area contributed by atoms with Gasteiger partial charge in [0.05, 0.1) is 6.04 Å². The molecular weight excluding hydrogens is 356 g/mol. The first-order chi connectivity index (χ1) is 13.7. The van der Waals surface area contributed by atoms with Crippen molar-refractivity contribution in [2.45, 2.75) is 12.5 Å². The molecule has 146 valence electrons. The van der Waals surface area contributed by atoms with Crippen LogP contribution < -0.4 is 15.1 Å². The molecule has 0 radical (unpaired) electrons. The van der Waals surface area contributed by atoms with Crippen molar-refractivity contribution in [3.63, 3.8) is 0 Å². The molecular formula is C20H24N6O2. The summed E-state index contributed by atoms with van der Waals surface area (Å²) in [5.74, 6) is 0.705. The number of piperazine rings is 1. The van der Waals surface area contributed by atoms with Gasteiger partial charge >= 0.3 is 0 Å². The number of rotatable bonds is 4. The lowest BCUT2D eigenvalue weighted by molar-refractivity contribution is -0.121. The lowest BCUT2D eigenvalue weighted by Gasteiger charge is -2.37. The standard InChI is InChI=1S/C20H24N6O2/c1-21-19(27)16-7-8-18(23-22-16)25-13-11-24(12-14-25)17-9-10-26(20(17)28)15-5-3-2-4-6-15/h2-8,17H,9-14H2,1H3,(H,21,27). The number of anilines is 2. The molecule has 1 aromatic heterocycles. The van der Waals surface area contributed by atoms with Crippen molar-refractivity contribution in [2.24, 2.45) is 0 Å². The van der Waals surface area contributed by atoms with Gasteiger partial charge in [-0.3, -0.25) is 14.5 Å². The fraction of sp³-hybridized carbons (Fsp3) is 0.400. The Bertz CT molecular complexity index is 834. The highest BCUT2D eigenvalue weighted by atomic mass is 16.2. The van der Waals surface area contributed by atoms with Gasteiger partial charge in [-0.25, -0.2) is 0 Å². The number of aromatic nitrogens is 2. The van der Waals surface area contributed by atoms with E-state index in [1.54, 1.807) is 13.1 Å². The van der Waals surface area contributed by atoms with E-state index >= 15 is 0 Å². The van der Waals surface area contributed by atoms with Gasteiger partial charge in [-0.2, -0.15) is 0 Å². The summed E-state index contributed by atoms with van der Waals surface area (Å²) in [6.45, 7) is 3.93. The van der Waals surface area contributed by atoms with Gasteiger partial charge in [0.1, 0.15) is 0 Å². The number of nitrogens with one attached hydrogen (secondary N) is 1. The SMILES string of the molecule is CNC(=O)c1ccc(N2CCN(C3CCN(c4ccccc4)C3=O)CC2)nn1. The van der Waals surface area contributed by atoms with Gasteiger partial charge in [0.2, 0.25) is 5.91 Å². The van der Waals surface area contributed by atoms with Gasteiger partial charge in [-0.15, -0.1) is 10.2 Å². The molecule has 0 saturated carbocycles. The van der Waals surface area contributed by atoms with Crippen molar-refractivity contribution < 1.29 is 9.59 Å². The first-order valence-electron chi connectivity index (χ1n) is 9.58. The van der Waals surface area contributed by atoms with E-state index in [4.69, 9.17) is 0 Å². The summed E-state index contributed by atoms with van der Waals surface area (Å²) in [4.78, 5) is 30.8. The van der Waals surface area contributed by atoms with Gasteiger partial charge in [0, 0.05) is 45.5 Å². The molecule has 8 heteroatoms. The molecule has 0 aliphatic carbocycles. The van der Waals surface area contributed by atoms with E-state index in [2.05, 4.69) is 25.3 Å². The Kier molecular flexibility index (Phi) is 5.21. The van der Waals surface area contributed by atoms with Crippen LogP contribution in [0.2, 0.25) is 0 Å². The zero-order chi connectivity index (χ0) is 19.5. The van der Waals surface area contributed by atoms with E-state index < -0.39 is 0 Å². The third kappa shape index (κ3) is 3.55. The molecule has 28 heavy (non-hydrogen) atoms. The van der Waals surface area contributed by atoms with E-state index in [9.17, 15) is 9.59 Å². The van der Waals surface area contributed by atoms with Crippen LogP contribution in [0.1, 0.15) is 16.9 Å². The third-order valence-electron chi connectivity index (χ3n) is 5.43. The number of benzene rings is 1. The molecule has 4 rings (SSSR count). The largest absolute Gasteiger partial charge is 0.354 e. The Labute approximate surface area is 164 Å². The summed E-state index contributed by atoms with van der Waals surface area (Å²) in [5, 5.41) is 10.7. The van der Waals surface area contributed by atoms with Crippen LogP contribution in [0.5, 0.6) is 0 Å². The zero-order valence-corrected chi connectivity index (χ0v) is 15.9. The van der Waals surface area contributed by atoms with Gasteiger partial charge in [-0.05, 0) is 30.7 Å². The number of hydrogen-bond acceptors (Lipinski definition) is 6. The molecule has 2 aliphatic heterocycles. The van der Waals surface area contributed by atoms with Gasteiger partial charge in [0.15, 0.2) is 11.5 Å². The molecule has 2 amide bonds. The second-order valence-corrected chi connectivity index (χ2v) is 7.01. The molecule has 0 bridgehead atoms. The molecule has 1 atom stereocenters. The molecule has 2 fully saturated rings. The predicted molar refractivity (Wildman–Crippen MR) is 106 cm³/mol. The number of carbonyl (C=O) groups is 2. The Morgan fingerprint density at radius 2 is 1.75 bits per heavy atom. The molecule has 2 aromatic rings. The summed E-state index contributed by atoms with van der Waals surface area (Å²) < 4.78 is 0. The fourth-order valence-electron chi connectivity index (χ4n) is 3.87. The Morgan fingerprint density at radius 3 is 2.39 bits per heavy atom. The number of para-hydroxylation sites is 1. The van der Waals surface area contributed by atoms with E-state index in [1.165, 1.54) is 0 Å². The van der Waals surface area contributed by atoms with Crippen LogP contribution in [0, 0.1) is 0 Å². The minimum Gasteiger partial charge on any atom is -0.354 e. The van der Waals surface area contributed by atoms with Gasteiger partial charge < -0.3 is 15.1 Å². The van der Waals surface area contributed by atoms with Gasteiger partial charge in [-0.1, -0.05) is 18.2 Å². The van der Waals surface area contributed by atoms with Crippen LogP contribution >= 0.6 is 0 Å². The van der Waals surface area contributed by atoms with E-state index in [0.717, 1.165) is 50.6 Å². The summed E-state index contributed by atoms with van der Waals surface area (Å²) in [7, 11) is 1.57. The third-order valence-corrected chi connectivity index (χ3v) is 5.43. The Morgan fingerprint density at radius 1 is 1.00 bits per heavy atom. The molecule has 1 aromatic carbocycles. The first-order valence-corrected chi connectivity index (χ1v) is 9.58. The number of amides is 2. The van der Waals surface area contributed by atoms with Crippen molar-refractivity contribution in [2.75, 3.05) is 49.6 Å². The van der Waals surface area contributed by atoms with Crippen LogP contribution in [0.3, 0.4) is 0 Å². The minimum absolute atomic E-state index is 0.0518. The fourth-order valence-corrected chi connectivity index (χ4v) is 3.87. The van der Waals surface area contributed by atoms with E-state index in [1.807, 2.05) is 41.3 Å². The number of nitrogens with zero attached hydrogens (tertiary/aromatic N) is 5. The van der Waals surface area contributed by atoms with Crippen LogP contribution in [-0.2, 0) is 4.79 Å². The van der Waals surface area contributed by atoms with Crippen molar-refractivity contribution >= 4 is 23.3 Å². The van der Waals surface area contributed by atoms with Crippen molar-refractivity contribution in [3.8, 4) is 0 Å². The zero-order valence-electron chi connectivity index (χ0n) is 15.9. The van der Waals surface area contributed by atoms with Gasteiger partial charge in [0.25, 0.3) is 5.91 Å². The van der Waals surface area contributed by atoms with Crippen LogP contribution in [0.15, 0.2) is 42.5 Å². The molecule has 3 heterocycles. The highest BCUT2D eigenvalue weighted by Crippen LogP contribution is 2.25. The summed E-state index contributed by atoms with van der Waals surface area (Å²) >= 11 is 0. The number of hydrogen-bond donors (Lipinski definition) is 1. The second kappa shape index (κ2) is 7.93.